The van der Waals surface area contributed by atoms with Gasteiger partial charge in [-0.1, -0.05) is 33.6 Å². The Hall–Kier alpha value is -0.120. The van der Waals surface area contributed by atoms with E-state index in [-0.39, 0.29) is 0 Å². The fourth-order valence-corrected chi connectivity index (χ4v) is 3.73. The molecular formula is C17H37N3. The molecule has 2 atom stereocenters. The summed E-state index contributed by atoms with van der Waals surface area (Å²) in [5, 5.41) is 0. The molecule has 20 heavy (non-hydrogen) atoms. The van der Waals surface area contributed by atoms with Crippen LogP contribution in [0.4, 0.5) is 0 Å². The Morgan fingerprint density at radius 3 is 2.50 bits per heavy atom. The van der Waals surface area contributed by atoms with Crippen molar-refractivity contribution < 1.29 is 0 Å². The van der Waals surface area contributed by atoms with Crippen LogP contribution in [-0.2, 0) is 0 Å². The topological polar surface area (TPSA) is 32.5 Å². The SMILES string of the molecule is CCCC(CCN)CCCN1CCC(N(CC)CC)C1. The van der Waals surface area contributed by atoms with Crippen molar-refractivity contribution in [1.29, 1.82) is 0 Å². The van der Waals surface area contributed by atoms with E-state index in [1.165, 1.54) is 71.2 Å². The first-order valence-electron chi connectivity index (χ1n) is 8.91. The Morgan fingerprint density at radius 1 is 1.15 bits per heavy atom. The van der Waals surface area contributed by atoms with E-state index in [9.17, 15) is 0 Å². The Labute approximate surface area is 126 Å². The second-order valence-electron chi connectivity index (χ2n) is 6.34. The highest BCUT2D eigenvalue weighted by atomic mass is 15.2. The van der Waals surface area contributed by atoms with Gasteiger partial charge >= 0.3 is 0 Å². The van der Waals surface area contributed by atoms with Crippen molar-refractivity contribution in [3.05, 3.63) is 0 Å². The summed E-state index contributed by atoms with van der Waals surface area (Å²) < 4.78 is 0. The zero-order valence-corrected chi connectivity index (χ0v) is 14.1. The summed E-state index contributed by atoms with van der Waals surface area (Å²) in [6, 6.07) is 0.806. The van der Waals surface area contributed by atoms with E-state index in [1.807, 2.05) is 0 Å². The molecule has 0 radical (unpaired) electrons. The summed E-state index contributed by atoms with van der Waals surface area (Å²) in [5.74, 6) is 0.867. The van der Waals surface area contributed by atoms with Gasteiger partial charge in [-0.2, -0.15) is 0 Å². The zero-order valence-electron chi connectivity index (χ0n) is 14.1. The van der Waals surface area contributed by atoms with Gasteiger partial charge in [0.25, 0.3) is 0 Å². The molecule has 1 aliphatic rings. The van der Waals surface area contributed by atoms with Crippen LogP contribution in [0.2, 0.25) is 0 Å². The van der Waals surface area contributed by atoms with Crippen LogP contribution in [-0.4, -0.2) is 55.1 Å². The minimum absolute atomic E-state index is 0.806. The smallest absolute Gasteiger partial charge is 0.0235 e. The molecule has 0 aromatic heterocycles. The van der Waals surface area contributed by atoms with Gasteiger partial charge in [-0.3, -0.25) is 4.90 Å². The van der Waals surface area contributed by atoms with E-state index in [0.29, 0.717) is 0 Å². The highest BCUT2D eigenvalue weighted by Gasteiger charge is 2.25. The van der Waals surface area contributed by atoms with Gasteiger partial charge < -0.3 is 10.6 Å². The third-order valence-electron chi connectivity index (χ3n) is 4.93. The fraction of sp³-hybridized carbons (Fsp3) is 1.00. The van der Waals surface area contributed by atoms with Crippen molar-refractivity contribution in [2.45, 2.75) is 65.3 Å². The molecule has 2 N–H and O–H groups in total. The van der Waals surface area contributed by atoms with Gasteiger partial charge in [0.15, 0.2) is 0 Å². The zero-order chi connectivity index (χ0) is 14.8. The highest BCUT2D eigenvalue weighted by Crippen LogP contribution is 2.20. The molecule has 120 valence electrons. The van der Waals surface area contributed by atoms with Crippen LogP contribution in [0, 0.1) is 5.92 Å². The van der Waals surface area contributed by atoms with Gasteiger partial charge in [-0.05, 0) is 64.3 Å². The lowest BCUT2D eigenvalue weighted by Gasteiger charge is -2.26. The maximum atomic E-state index is 5.72. The minimum Gasteiger partial charge on any atom is -0.330 e. The van der Waals surface area contributed by atoms with Gasteiger partial charge in [0.05, 0.1) is 0 Å². The van der Waals surface area contributed by atoms with Crippen LogP contribution in [0.3, 0.4) is 0 Å². The van der Waals surface area contributed by atoms with Gasteiger partial charge in [0, 0.05) is 12.6 Å². The second-order valence-corrected chi connectivity index (χ2v) is 6.34. The maximum absolute atomic E-state index is 5.72. The van der Waals surface area contributed by atoms with E-state index < -0.39 is 0 Å². The number of likely N-dealkylation sites (N-methyl/N-ethyl adjacent to an activating group) is 1. The summed E-state index contributed by atoms with van der Waals surface area (Å²) in [4.78, 5) is 5.29. The van der Waals surface area contributed by atoms with E-state index in [1.54, 1.807) is 0 Å². The summed E-state index contributed by atoms with van der Waals surface area (Å²) in [6.07, 6.45) is 7.98. The van der Waals surface area contributed by atoms with E-state index in [2.05, 4.69) is 30.6 Å². The van der Waals surface area contributed by atoms with Crippen LogP contribution in [0.1, 0.15) is 59.3 Å². The number of likely N-dealkylation sites (tertiary alicyclic amines) is 1. The largest absolute Gasteiger partial charge is 0.330 e. The molecule has 0 saturated carbocycles. The Balaban J connectivity index is 2.19. The lowest BCUT2D eigenvalue weighted by atomic mass is 9.94. The van der Waals surface area contributed by atoms with Crippen molar-refractivity contribution in [2.75, 3.05) is 39.3 Å². The second kappa shape index (κ2) is 10.6. The Kier molecular flexibility index (Phi) is 9.49. The predicted molar refractivity (Wildman–Crippen MR) is 89.1 cm³/mol. The lowest BCUT2D eigenvalue weighted by molar-refractivity contribution is 0.208. The summed E-state index contributed by atoms with van der Waals surface area (Å²) in [7, 11) is 0. The molecule has 0 aromatic rings. The van der Waals surface area contributed by atoms with Gasteiger partial charge in [0.1, 0.15) is 0 Å². The van der Waals surface area contributed by atoms with Crippen molar-refractivity contribution in [1.82, 2.24) is 9.80 Å². The Bertz CT molecular complexity index is 222. The van der Waals surface area contributed by atoms with E-state index in [4.69, 9.17) is 5.73 Å². The number of hydrogen-bond donors (Lipinski definition) is 1. The molecule has 3 nitrogen and oxygen atoms in total. The van der Waals surface area contributed by atoms with Crippen molar-refractivity contribution in [3.8, 4) is 0 Å². The lowest BCUT2D eigenvalue weighted by Crippen LogP contribution is -2.37. The molecule has 0 amide bonds. The number of rotatable bonds is 11. The average Bonchev–Trinajstić information content (AvgIpc) is 2.89. The molecule has 0 aliphatic carbocycles. The number of hydrogen-bond acceptors (Lipinski definition) is 3. The molecule has 0 aromatic carbocycles. The van der Waals surface area contributed by atoms with Crippen LogP contribution in [0.25, 0.3) is 0 Å². The number of nitrogens with zero attached hydrogens (tertiary/aromatic N) is 2. The monoisotopic (exact) mass is 283 g/mol. The van der Waals surface area contributed by atoms with Crippen molar-refractivity contribution in [3.63, 3.8) is 0 Å². The third-order valence-corrected chi connectivity index (χ3v) is 4.93. The van der Waals surface area contributed by atoms with Crippen LogP contribution < -0.4 is 5.73 Å². The molecular weight excluding hydrogens is 246 g/mol. The summed E-state index contributed by atoms with van der Waals surface area (Å²) in [5.41, 5.74) is 5.72. The normalized spacial score (nSPS) is 21.8. The molecule has 0 spiro atoms. The number of nitrogens with two attached hydrogens (primary N) is 1. The van der Waals surface area contributed by atoms with E-state index >= 15 is 0 Å². The molecule has 1 saturated heterocycles. The maximum Gasteiger partial charge on any atom is 0.0235 e. The van der Waals surface area contributed by atoms with Gasteiger partial charge in [-0.15, -0.1) is 0 Å². The highest BCUT2D eigenvalue weighted by molar-refractivity contribution is 4.82. The van der Waals surface area contributed by atoms with Gasteiger partial charge in [0.2, 0.25) is 0 Å². The molecule has 1 fully saturated rings. The fourth-order valence-electron chi connectivity index (χ4n) is 3.73. The standard InChI is InChI=1S/C17H37N3/c1-4-8-16(10-12-18)9-7-13-19-14-11-17(15-19)20(5-2)6-3/h16-17H,4-15,18H2,1-3H3. The molecule has 1 rings (SSSR count). The molecule has 2 unspecified atom stereocenters. The summed E-state index contributed by atoms with van der Waals surface area (Å²) >= 11 is 0. The van der Waals surface area contributed by atoms with Crippen molar-refractivity contribution >= 4 is 0 Å². The first-order chi connectivity index (χ1) is 9.74. The molecule has 3 heteroatoms. The summed E-state index contributed by atoms with van der Waals surface area (Å²) in [6.45, 7) is 14.0. The quantitative estimate of drug-likeness (QED) is 0.633. The third kappa shape index (κ3) is 6.11. The molecule has 1 aliphatic heterocycles. The van der Waals surface area contributed by atoms with E-state index in [0.717, 1.165) is 18.5 Å². The average molecular weight is 284 g/mol. The van der Waals surface area contributed by atoms with Crippen molar-refractivity contribution in [2.24, 2.45) is 11.7 Å². The Morgan fingerprint density at radius 2 is 1.90 bits per heavy atom. The molecule has 1 heterocycles. The van der Waals surface area contributed by atoms with Gasteiger partial charge in [-0.25, -0.2) is 0 Å². The first kappa shape index (κ1) is 17.9. The van der Waals surface area contributed by atoms with Crippen LogP contribution in [0.15, 0.2) is 0 Å². The molecule has 0 bridgehead atoms. The first-order valence-corrected chi connectivity index (χ1v) is 8.91. The van der Waals surface area contributed by atoms with Crippen LogP contribution >= 0.6 is 0 Å². The minimum atomic E-state index is 0.806. The van der Waals surface area contributed by atoms with Crippen LogP contribution in [0.5, 0.6) is 0 Å². The predicted octanol–water partition coefficient (Wildman–Crippen LogP) is 2.95.